The second-order valence-corrected chi connectivity index (χ2v) is 10.7. The zero-order chi connectivity index (χ0) is 18.6. The molecule has 0 aliphatic carbocycles. The Morgan fingerprint density at radius 1 is 1.19 bits per heavy atom. The molecular weight excluding hydrogens is 386 g/mol. The van der Waals surface area contributed by atoms with Crippen molar-refractivity contribution < 1.29 is 8.42 Å². The molecule has 1 aliphatic rings. The normalized spacial score (nSPS) is 16.7. The highest BCUT2D eigenvalue weighted by Gasteiger charge is 2.21. The average molecular weight is 414 g/mol. The lowest BCUT2D eigenvalue weighted by Crippen LogP contribution is -2.30. The molecule has 0 spiro atoms. The number of hydrogen-bond donors (Lipinski definition) is 1. The first-order valence-corrected chi connectivity index (χ1v) is 12.4. The summed E-state index contributed by atoms with van der Waals surface area (Å²) < 4.78 is 28.1. The number of aryl methyl sites for hydroxylation is 2. The average Bonchev–Trinajstić information content (AvgIpc) is 3.10. The maximum Gasteiger partial charge on any atom is 0.241 e. The summed E-state index contributed by atoms with van der Waals surface area (Å²) in [6, 6.07) is 1.76. The number of hydrogen-bond acceptors (Lipinski definition) is 6. The van der Waals surface area contributed by atoms with Gasteiger partial charge in [0.1, 0.15) is 5.01 Å². The van der Waals surface area contributed by atoms with Gasteiger partial charge in [-0.2, -0.15) is 0 Å². The molecule has 0 saturated carbocycles. The lowest BCUT2D eigenvalue weighted by atomic mass is 10.2. The van der Waals surface area contributed by atoms with Gasteiger partial charge < -0.3 is 4.90 Å². The van der Waals surface area contributed by atoms with Gasteiger partial charge in [0, 0.05) is 22.5 Å². The van der Waals surface area contributed by atoms with Gasteiger partial charge in [0.2, 0.25) is 10.0 Å². The van der Waals surface area contributed by atoms with E-state index in [4.69, 9.17) is 0 Å². The van der Waals surface area contributed by atoms with Crippen LogP contribution in [0.15, 0.2) is 16.3 Å². The molecular formula is C18H27N3O2S3. The molecule has 1 aliphatic heterocycles. The van der Waals surface area contributed by atoms with E-state index in [1.807, 2.05) is 19.2 Å². The third-order valence-electron chi connectivity index (χ3n) is 4.63. The summed E-state index contributed by atoms with van der Waals surface area (Å²) in [4.78, 5) is 9.04. The van der Waals surface area contributed by atoms with E-state index < -0.39 is 10.0 Å². The lowest BCUT2D eigenvalue weighted by Gasteiger charge is -2.19. The molecule has 5 nitrogen and oxygen atoms in total. The molecule has 0 amide bonds. The van der Waals surface area contributed by atoms with Crippen LogP contribution in [0.5, 0.6) is 0 Å². The van der Waals surface area contributed by atoms with E-state index in [0.29, 0.717) is 11.4 Å². The molecule has 3 heterocycles. The first-order valence-electron chi connectivity index (χ1n) is 9.21. The largest absolute Gasteiger partial charge is 0.303 e. The molecule has 0 atom stereocenters. The van der Waals surface area contributed by atoms with E-state index in [1.165, 1.54) is 37.0 Å². The number of nitrogens with one attached hydrogen (secondary N) is 1. The Kier molecular flexibility index (Phi) is 6.85. The molecule has 0 radical (unpaired) electrons. The van der Waals surface area contributed by atoms with Gasteiger partial charge in [-0.25, -0.2) is 18.1 Å². The molecule has 26 heavy (non-hydrogen) atoms. The molecule has 0 bridgehead atoms. The van der Waals surface area contributed by atoms with E-state index >= 15 is 0 Å². The Balaban J connectivity index is 1.57. The summed E-state index contributed by atoms with van der Waals surface area (Å²) in [5.74, 6) is 0. The fraction of sp³-hybridized carbons (Fsp3) is 0.611. The minimum atomic E-state index is -3.46. The highest BCUT2D eigenvalue weighted by Crippen LogP contribution is 2.35. The Bertz CT molecular complexity index is 819. The van der Waals surface area contributed by atoms with Crippen LogP contribution in [-0.4, -0.2) is 44.5 Å². The summed E-state index contributed by atoms with van der Waals surface area (Å²) in [7, 11) is -3.46. The summed E-state index contributed by atoms with van der Waals surface area (Å²) in [6.07, 6.45) is 6.02. The number of thiazole rings is 1. The van der Waals surface area contributed by atoms with E-state index in [-0.39, 0.29) is 0 Å². The van der Waals surface area contributed by atoms with Gasteiger partial charge in [-0.15, -0.1) is 22.7 Å². The topological polar surface area (TPSA) is 62.3 Å². The van der Waals surface area contributed by atoms with Crippen LogP contribution < -0.4 is 4.72 Å². The molecule has 144 valence electrons. The van der Waals surface area contributed by atoms with Crippen molar-refractivity contribution >= 4 is 32.7 Å². The first-order chi connectivity index (χ1) is 12.5. The molecule has 1 N–H and O–H groups in total. The third-order valence-corrected chi connectivity index (χ3v) is 8.53. The number of aromatic nitrogens is 1. The van der Waals surface area contributed by atoms with Crippen LogP contribution in [0.1, 0.15) is 42.7 Å². The predicted molar refractivity (Wildman–Crippen MR) is 110 cm³/mol. The Labute approximate surface area is 164 Å². The van der Waals surface area contributed by atoms with E-state index in [0.717, 1.165) is 46.5 Å². The molecule has 3 rings (SSSR count). The minimum absolute atomic E-state index is 0.389. The van der Waals surface area contributed by atoms with Gasteiger partial charge in [0.05, 0.1) is 9.77 Å². The molecule has 2 aromatic rings. The summed E-state index contributed by atoms with van der Waals surface area (Å²) in [6.45, 7) is 7.55. The standard InChI is InChI=1S/C18H27N3O2S3/c1-14-13-24-18(20-14)16-12-17(15(2)25-16)26(22,23)19-8-7-11-21-9-5-3-4-6-10-21/h12-13,19H,3-11H2,1-2H3. The van der Waals surface area contributed by atoms with Gasteiger partial charge >= 0.3 is 0 Å². The van der Waals surface area contributed by atoms with Crippen molar-refractivity contribution in [1.29, 1.82) is 0 Å². The smallest absolute Gasteiger partial charge is 0.241 e. The third kappa shape index (κ3) is 5.13. The van der Waals surface area contributed by atoms with Crippen LogP contribution in [0.25, 0.3) is 9.88 Å². The Morgan fingerprint density at radius 3 is 2.58 bits per heavy atom. The van der Waals surface area contributed by atoms with Crippen molar-refractivity contribution in [3.63, 3.8) is 0 Å². The predicted octanol–water partition coefficient (Wildman–Crippen LogP) is 4.03. The van der Waals surface area contributed by atoms with Crippen LogP contribution in [0, 0.1) is 13.8 Å². The lowest BCUT2D eigenvalue weighted by molar-refractivity contribution is 0.282. The van der Waals surface area contributed by atoms with Gasteiger partial charge in [-0.05, 0) is 58.8 Å². The van der Waals surface area contributed by atoms with Crippen molar-refractivity contribution in [1.82, 2.24) is 14.6 Å². The van der Waals surface area contributed by atoms with Gasteiger partial charge in [-0.3, -0.25) is 0 Å². The highest BCUT2D eigenvalue weighted by atomic mass is 32.2. The summed E-state index contributed by atoms with van der Waals surface area (Å²) >= 11 is 3.05. The molecule has 1 saturated heterocycles. The molecule has 0 unspecified atom stereocenters. The number of rotatable bonds is 7. The van der Waals surface area contributed by atoms with Gasteiger partial charge in [0.15, 0.2) is 0 Å². The summed E-state index contributed by atoms with van der Waals surface area (Å²) in [5.41, 5.74) is 0.965. The number of nitrogens with zero attached hydrogens (tertiary/aromatic N) is 2. The van der Waals surface area contributed by atoms with Crippen LogP contribution in [-0.2, 0) is 10.0 Å². The van der Waals surface area contributed by atoms with E-state index in [9.17, 15) is 8.42 Å². The van der Waals surface area contributed by atoms with Gasteiger partial charge in [-0.1, -0.05) is 12.8 Å². The van der Waals surface area contributed by atoms with Crippen LogP contribution in [0.2, 0.25) is 0 Å². The maximum absolute atomic E-state index is 12.7. The van der Waals surface area contributed by atoms with Crippen molar-refractivity contribution in [2.75, 3.05) is 26.2 Å². The Hall–Kier alpha value is -0.800. The summed E-state index contributed by atoms with van der Waals surface area (Å²) in [5, 5.41) is 2.87. The second-order valence-electron chi connectivity index (χ2n) is 6.83. The number of thiophene rings is 1. The number of likely N-dealkylation sites (tertiary alicyclic amines) is 1. The quantitative estimate of drug-likeness (QED) is 0.696. The van der Waals surface area contributed by atoms with Crippen LogP contribution >= 0.6 is 22.7 Å². The zero-order valence-electron chi connectivity index (χ0n) is 15.5. The number of sulfonamides is 1. The van der Waals surface area contributed by atoms with Crippen molar-refractivity contribution in [3.05, 3.63) is 22.0 Å². The fourth-order valence-electron chi connectivity index (χ4n) is 3.25. The minimum Gasteiger partial charge on any atom is -0.303 e. The molecule has 2 aromatic heterocycles. The van der Waals surface area contributed by atoms with Gasteiger partial charge in [0.25, 0.3) is 0 Å². The van der Waals surface area contributed by atoms with Crippen LogP contribution in [0.4, 0.5) is 0 Å². The van der Waals surface area contributed by atoms with E-state index in [2.05, 4.69) is 14.6 Å². The maximum atomic E-state index is 12.7. The molecule has 0 aromatic carbocycles. The van der Waals surface area contributed by atoms with Crippen molar-refractivity contribution in [2.45, 2.75) is 50.8 Å². The molecule has 8 heteroatoms. The van der Waals surface area contributed by atoms with Crippen molar-refractivity contribution in [2.24, 2.45) is 0 Å². The van der Waals surface area contributed by atoms with Crippen molar-refractivity contribution in [3.8, 4) is 9.88 Å². The first kappa shape index (κ1) is 19.9. The Morgan fingerprint density at radius 2 is 1.92 bits per heavy atom. The van der Waals surface area contributed by atoms with Crippen LogP contribution in [0.3, 0.4) is 0 Å². The molecule has 1 fully saturated rings. The van der Waals surface area contributed by atoms with E-state index in [1.54, 1.807) is 17.4 Å². The monoisotopic (exact) mass is 413 g/mol. The zero-order valence-corrected chi connectivity index (χ0v) is 17.9. The SMILES string of the molecule is Cc1csc(-c2cc(S(=O)(=O)NCCCN3CCCCCC3)c(C)s2)n1. The fourth-order valence-corrected chi connectivity index (χ4v) is 6.78. The second kappa shape index (κ2) is 8.93. The highest BCUT2D eigenvalue weighted by molar-refractivity contribution is 7.89.